The van der Waals surface area contributed by atoms with Crippen molar-refractivity contribution < 1.29 is 0 Å². The van der Waals surface area contributed by atoms with Crippen molar-refractivity contribution in [3.63, 3.8) is 0 Å². The van der Waals surface area contributed by atoms with E-state index in [1.807, 2.05) is 30.9 Å². The molecule has 5 nitrogen and oxygen atoms in total. The van der Waals surface area contributed by atoms with Crippen LogP contribution in [0.15, 0.2) is 12.4 Å². The topological polar surface area (TPSA) is 55.6 Å². The zero-order valence-corrected chi connectivity index (χ0v) is 11.4. The van der Waals surface area contributed by atoms with Gasteiger partial charge in [-0.3, -0.25) is 4.68 Å². The monoisotopic (exact) mass is 245 g/mol. The average Bonchev–Trinajstić information content (AvgIpc) is 2.82. The third-order valence-electron chi connectivity index (χ3n) is 2.88. The van der Waals surface area contributed by atoms with Crippen molar-refractivity contribution in [2.45, 2.75) is 34.2 Å². The van der Waals surface area contributed by atoms with E-state index in [9.17, 15) is 0 Å². The summed E-state index contributed by atoms with van der Waals surface area (Å²) in [6, 6.07) is 0. The summed E-state index contributed by atoms with van der Waals surface area (Å²) in [6.45, 7) is 9.75. The van der Waals surface area contributed by atoms with Crippen molar-refractivity contribution in [2.75, 3.05) is 11.9 Å². The average molecular weight is 245 g/mol. The van der Waals surface area contributed by atoms with E-state index in [0.29, 0.717) is 0 Å². The molecule has 18 heavy (non-hydrogen) atoms. The predicted octanol–water partition coefficient (Wildman–Crippen LogP) is 2.41. The van der Waals surface area contributed by atoms with E-state index < -0.39 is 0 Å². The molecule has 5 heteroatoms. The van der Waals surface area contributed by atoms with Gasteiger partial charge in [-0.1, -0.05) is 0 Å². The lowest BCUT2D eigenvalue weighted by Crippen LogP contribution is -2.06. The Kier molecular flexibility index (Phi) is 3.60. The van der Waals surface area contributed by atoms with Crippen LogP contribution in [-0.4, -0.2) is 26.3 Å². The first-order chi connectivity index (χ1) is 8.65. The Morgan fingerprint density at radius 3 is 2.50 bits per heavy atom. The van der Waals surface area contributed by atoms with Crippen LogP contribution in [0, 0.1) is 13.8 Å². The number of anilines is 1. The van der Waals surface area contributed by atoms with Crippen LogP contribution in [0.5, 0.6) is 0 Å². The Balaban J connectivity index is 2.50. The number of aromatic nitrogens is 4. The molecule has 0 aliphatic carbocycles. The van der Waals surface area contributed by atoms with Gasteiger partial charge in [0.05, 0.1) is 17.6 Å². The number of aryl methyl sites for hydroxylation is 3. The second kappa shape index (κ2) is 5.16. The van der Waals surface area contributed by atoms with Crippen molar-refractivity contribution >= 4 is 5.82 Å². The summed E-state index contributed by atoms with van der Waals surface area (Å²) in [5.74, 6) is 0.830. The van der Waals surface area contributed by atoms with Gasteiger partial charge >= 0.3 is 0 Å². The third kappa shape index (κ3) is 2.34. The molecule has 0 fully saturated rings. The predicted molar refractivity (Wildman–Crippen MR) is 72.6 cm³/mol. The molecule has 0 aliphatic rings. The molecule has 0 amide bonds. The van der Waals surface area contributed by atoms with E-state index in [1.165, 1.54) is 0 Å². The molecule has 0 bridgehead atoms. The third-order valence-corrected chi connectivity index (χ3v) is 2.88. The van der Waals surface area contributed by atoms with Crippen molar-refractivity contribution in [3.05, 3.63) is 23.8 Å². The van der Waals surface area contributed by atoms with Crippen LogP contribution in [0.2, 0.25) is 0 Å². The summed E-state index contributed by atoms with van der Waals surface area (Å²) in [5.41, 5.74) is 3.79. The van der Waals surface area contributed by atoms with Gasteiger partial charge in [0.2, 0.25) is 0 Å². The number of hydrogen-bond acceptors (Lipinski definition) is 4. The zero-order valence-electron chi connectivity index (χ0n) is 11.4. The first kappa shape index (κ1) is 12.5. The van der Waals surface area contributed by atoms with Gasteiger partial charge in [-0.15, -0.1) is 0 Å². The van der Waals surface area contributed by atoms with Crippen molar-refractivity contribution in [3.8, 4) is 11.3 Å². The van der Waals surface area contributed by atoms with Crippen molar-refractivity contribution in [2.24, 2.45) is 0 Å². The molecule has 1 N–H and O–H groups in total. The Morgan fingerprint density at radius 2 is 1.89 bits per heavy atom. The van der Waals surface area contributed by atoms with Crippen LogP contribution in [0.4, 0.5) is 5.82 Å². The normalized spacial score (nSPS) is 10.7. The molecular formula is C13H19N5. The second-order valence-corrected chi connectivity index (χ2v) is 4.21. The summed E-state index contributed by atoms with van der Waals surface area (Å²) in [4.78, 5) is 9.19. The fourth-order valence-corrected chi connectivity index (χ4v) is 1.75. The Hall–Kier alpha value is -1.91. The molecule has 2 rings (SSSR count). The molecule has 2 aromatic heterocycles. The lowest BCUT2D eigenvalue weighted by atomic mass is 10.2. The summed E-state index contributed by atoms with van der Waals surface area (Å²) in [6.07, 6.45) is 3.84. The minimum Gasteiger partial charge on any atom is -0.369 e. The number of hydrogen-bond donors (Lipinski definition) is 1. The van der Waals surface area contributed by atoms with Gasteiger partial charge in [0.25, 0.3) is 0 Å². The molecule has 0 saturated carbocycles. The largest absolute Gasteiger partial charge is 0.369 e. The molecule has 0 saturated heterocycles. The fourth-order valence-electron chi connectivity index (χ4n) is 1.75. The standard InChI is InChI=1S/C13H19N5/c1-5-14-13-12(16-9(3)10(4)17-13)11-7-15-18(6-2)8-11/h7-8H,5-6H2,1-4H3,(H,14,17). The molecule has 0 aromatic carbocycles. The lowest BCUT2D eigenvalue weighted by molar-refractivity contribution is 0.660. The summed E-state index contributed by atoms with van der Waals surface area (Å²) in [5, 5.41) is 7.54. The van der Waals surface area contributed by atoms with Gasteiger partial charge < -0.3 is 5.32 Å². The van der Waals surface area contributed by atoms with Gasteiger partial charge in [-0.05, 0) is 27.7 Å². The van der Waals surface area contributed by atoms with Crippen molar-refractivity contribution in [1.82, 2.24) is 19.7 Å². The molecule has 0 aliphatic heterocycles. The van der Waals surface area contributed by atoms with Crippen LogP contribution in [0.3, 0.4) is 0 Å². The first-order valence-electron chi connectivity index (χ1n) is 6.27. The Labute approximate surface area is 107 Å². The molecule has 0 unspecified atom stereocenters. The number of nitrogens with one attached hydrogen (secondary N) is 1. The maximum absolute atomic E-state index is 4.63. The van der Waals surface area contributed by atoms with Gasteiger partial charge in [0, 0.05) is 24.8 Å². The van der Waals surface area contributed by atoms with Crippen molar-refractivity contribution in [1.29, 1.82) is 0 Å². The highest BCUT2D eigenvalue weighted by Crippen LogP contribution is 2.24. The summed E-state index contributed by atoms with van der Waals surface area (Å²) >= 11 is 0. The van der Waals surface area contributed by atoms with E-state index in [2.05, 4.69) is 34.2 Å². The first-order valence-corrected chi connectivity index (χ1v) is 6.27. The smallest absolute Gasteiger partial charge is 0.153 e. The highest BCUT2D eigenvalue weighted by atomic mass is 15.3. The van der Waals surface area contributed by atoms with Crippen LogP contribution in [0.25, 0.3) is 11.3 Å². The van der Waals surface area contributed by atoms with Gasteiger partial charge in [0.15, 0.2) is 5.82 Å². The van der Waals surface area contributed by atoms with Crippen LogP contribution >= 0.6 is 0 Å². The fraction of sp³-hybridized carbons (Fsp3) is 0.462. The van der Waals surface area contributed by atoms with Crippen LogP contribution in [-0.2, 0) is 6.54 Å². The molecule has 2 aromatic rings. The quantitative estimate of drug-likeness (QED) is 0.898. The Morgan fingerprint density at radius 1 is 1.17 bits per heavy atom. The summed E-state index contributed by atoms with van der Waals surface area (Å²) in [7, 11) is 0. The maximum atomic E-state index is 4.63. The molecule has 96 valence electrons. The van der Waals surface area contributed by atoms with E-state index in [0.717, 1.165) is 41.6 Å². The summed E-state index contributed by atoms with van der Waals surface area (Å²) < 4.78 is 1.89. The number of nitrogens with zero attached hydrogens (tertiary/aromatic N) is 4. The molecular weight excluding hydrogens is 226 g/mol. The number of rotatable bonds is 4. The highest BCUT2D eigenvalue weighted by Gasteiger charge is 2.12. The van der Waals surface area contributed by atoms with Gasteiger partial charge in [0.1, 0.15) is 5.69 Å². The highest BCUT2D eigenvalue weighted by molar-refractivity contribution is 5.70. The second-order valence-electron chi connectivity index (χ2n) is 4.21. The van der Waals surface area contributed by atoms with E-state index in [1.54, 1.807) is 0 Å². The van der Waals surface area contributed by atoms with E-state index in [-0.39, 0.29) is 0 Å². The molecule has 0 atom stereocenters. The maximum Gasteiger partial charge on any atom is 0.153 e. The minimum absolute atomic E-state index is 0.825. The van der Waals surface area contributed by atoms with E-state index >= 15 is 0 Å². The Bertz CT molecular complexity index is 544. The molecule has 2 heterocycles. The van der Waals surface area contributed by atoms with E-state index in [4.69, 9.17) is 0 Å². The lowest BCUT2D eigenvalue weighted by Gasteiger charge is -2.10. The van der Waals surface area contributed by atoms with Gasteiger partial charge in [-0.2, -0.15) is 5.10 Å². The van der Waals surface area contributed by atoms with Crippen LogP contribution < -0.4 is 5.32 Å². The molecule has 0 radical (unpaired) electrons. The van der Waals surface area contributed by atoms with Gasteiger partial charge in [-0.25, -0.2) is 9.97 Å². The van der Waals surface area contributed by atoms with Crippen LogP contribution in [0.1, 0.15) is 25.2 Å². The zero-order chi connectivity index (χ0) is 13.1. The minimum atomic E-state index is 0.825. The SMILES string of the molecule is CCNc1nc(C)c(C)nc1-c1cnn(CC)c1. The molecule has 0 spiro atoms.